The molecule has 1 aromatic carbocycles. The van der Waals surface area contributed by atoms with Crippen molar-refractivity contribution in [1.82, 2.24) is 4.98 Å². The summed E-state index contributed by atoms with van der Waals surface area (Å²) in [6, 6.07) is 9.38. The van der Waals surface area contributed by atoms with Crippen molar-refractivity contribution in [2.24, 2.45) is 0 Å². The van der Waals surface area contributed by atoms with Gasteiger partial charge in [0.25, 0.3) is 0 Å². The largest absolute Gasteiger partial charge is 0.461 e. The van der Waals surface area contributed by atoms with E-state index in [4.69, 9.17) is 13.9 Å². The monoisotopic (exact) mass is 275 g/mol. The van der Waals surface area contributed by atoms with Crippen LogP contribution >= 0.6 is 0 Å². The Kier molecular flexibility index (Phi) is 4.90. The number of esters is 1. The van der Waals surface area contributed by atoms with Crippen molar-refractivity contribution in [2.75, 3.05) is 13.7 Å². The van der Waals surface area contributed by atoms with Gasteiger partial charge in [-0.3, -0.25) is 0 Å². The molecule has 5 nitrogen and oxygen atoms in total. The summed E-state index contributed by atoms with van der Waals surface area (Å²) in [4.78, 5) is 15.9. The quantitative estimate of drug-likeness (QED) is 0.758. The molecule has 0 aliphatic rings. The van der Waals surface area contributed by atoms with Crippen LogP contribution in [0.25, 0.3) is 11.5 Å². The molecule has 0 saturated heterocycles. The van der Waals surface area contributed by atoms with E-state index >= 15 is 0 Å². The number of oxazole rings is 1. The molecule has 1 aromatic heterocycles. The van der Waals surface area contributed by atoms with E-state index in [9.17, 15) is 4.79 Å². The highest BCUT2D eigenvalue weighted by Crippen LogP contribution is 2.18. The molecule has 106 valence electrons. The molecule has 0 amide bonds. The SMILES string of the molecule is COC(C)CCOC(=O)c1coc(-c2ccccc2)n1. The zero-order valence-corrected chi connectivity index (χ0v) is 11.5. The zero-order valence-electron chi connectivity index (χ0n) is 11.5. The van der Waals surface area contributed by atoms with E-state index in [0.29, 0.717) is 18.9 Å². The minimum atomic E-state index is -0.487. The van der Waals surface area contributed by atoms with E-state index < -0.39 is 5.97 Å². The molecular weight excluding hydrogens is 258 g/mol. The summed E-state index contributed by atoms with van der Waals surface area (Å²) in [5, 5.41) is 0. The Morgan fingerprint density at radius 1 is 1.35 bits per heavy atom. The molecule has 0 radical (unpaired) electrons. The molecule has 2 aromatic rings. The normalized spacial score (nSPS) is 12.1. The number of hydrogen-bond donors (Lipinski definition) is 0. The van der Waals surface area contributed by atoms with Gasteiger partial charge in [-0.1, -0.05) is 18.2 Å². The summed E-state index contributed by atoms with van der Waals surface area (Å²) in [5.41, 5.74) is 0.994. The summed E-state index contributed by atoms with van der Waals surface area (Å²) >= 11 is 0. The number of aromatic nitrogens is 1. The number of ether oxygens (including phenoxy) is 2. The maximum Gasteiger partial charge on any atom is 0.360 e. The number of carbonyl (C=O) groups excluding carboxylic acids is 1. The van der Waals surface area contributed by atoms with E-state index in [1.165, 1.54) is 6.26 Å². The molecule has 2 rings (SSSR count). The highest BCUT2D eigenvalue weighted by Gasteiger charge is 2.14. The molecule has 1 heterocycles. The van der Waals surface area contributed by atoms with Gasteiger partial charge in [-0.25, -0.2) is 9.78 Å². The van der Waals surface area contributed by atoms with Crippen LogP contribution in [0.15, 0.2) is 41.0 Å². The number of hydrogen-bond acceptors (Lipinski definition) is 5. The first-order chi connectivity index (χ1) is 9.70. The lowest BCUT2D eigenvalue weighted by atomic mass is 10.2. The molecule has 0 aliphatic heterocycles. The summed E-state index contributed by atoms with van der Waals surface area (Å²) in [7, 11) is 1.62. The van der Waals surface area contributed by atoms with Gasteiger partial charge in [-0.2, -0.15) is 0 Å². The number of benzene rings is 1. The Hall–Kier alpha value is -2.14. The molecule has 20 heavy (non-hydrogen) atoms. The average molecular weight is 275 g/mol. The highest BCUT2D eigenvalue weighted by atomic mass is 16.5. The highest BCUT2D eigenvalue weighted by molar-refractivity contribution is 5.87. The number of nitrogens with zero attached hydrogens (tertiary/aromatic N) is 1. The van der Waals surface area contributed by atoms with Gasteiger partial charge >= 0.3 is 5.97 Å². The third kappa shape index (κ3) is 3.68. The van der Waals surface area contributed by atoms with Crippen molar-refractivity contribution in [3.8, 4) is 11.5 Å². The molecule has 0 bridgehead atoms. The van der Waals surface area contributed by atoms with Crippen LogP contribution in [0.5, 0.6) is 0 Å². The van der Waals surface area contributed by atoms with Crippen LogP contribution in [0.3, 0.4) is 0 Å². The predicted molar refractivity (Wildman–Crippen MR) is 73.3 cm³/mol. The maximum atomic E-state index is 11.8. The van der Waals surface area contributed by atoms with E-state index in [2.05, 4.69) is 4.98 Å². The van der Waals surface area contributed by atoms with Crippen LogP contribution in [0.1, 0.15) is 23.8 Å². The van der Waals surface area contributed by atoms with Crippen LogP contribution in [0.4, 0.5) is 0 Å². The molecule has 1 atom stereocenters. The van der Waals surface area contributed by atoms with E-state index in [-0.39, 0.29) is 11.8 Å². The van der Waals surface area contributed by atoms with Gasteiger partial charge in [-0.15, -0.1) is 0 Å². The second kappa shape index (κ2) is 6.86. The van der Waals surface area contributed by atoms with Crippen molar-refractivity contribution in [1.29, 1.82) is 0 Å². The van der Waals surface area contributed by atoms with Crippen molar-refractivity contribution < 1.29 is 18.7 Å². The molecule has 1 unspecified atom stereocenters. The molecule has 5 heteroatoms. The van der Waals surface area contributed by atoms with Crippen LogP contribution < -0.4 is 0 Å². The predicted octanol–water partition coefficient (Wildman–Crippen LogP) is 2.92. The molecular formula is C15H17NO4. The Labute approximate surface area is 117 Å². The van der Waals surface area contributed by atoms with Crippen LogP contribution in [0, 0.1) is 0 Å². The fourth-order valence-electron chi connectivity index (χ4n) is 1.59. The van der Waals surface area contributed by atoms with Crippen LogP contribution in [0.2, 0.25) is 0 Å². The molecule has 0 aliphatic carbocycles. The average Bonchev–Trinajstić information content (AvgIpc) is 2.97. The second-order valence-electron chi connectivity index (χ2n) is 4.37. The Morgan fingerprint density at radius 2 is 2.10 bits per heavy atom. The minimum absolute atomic E-state index is 0.0555. The summed E-state index contributed by atoms with van der Waals surface area (Å²) < 4.78 is 15.5. The lowest BCUT2D eigenvalue weighted by Crippen LogP contribution is -2.13. The van der Waals surface area contributed by atoms with Gasteiger partial charge in [0.2, 0.25) is 5.89 Å². The van der Waals surface area contributed by atoms with E-state index in [1.54, 1.807) is 7.11 Å². The van der Waals surface area contributed by atoms with Gasteiger partial charge in [-0.05, 0) is 19.1 Å². The smallest absolute Gasteiger partial charge is 0.360 e. The maximum absolute atomic E-state index is 11.8. The number of rotatable bonds is 6. The Morgan fingerprint density at radius 3 is 2.80 bits per heavy atom. The fraction of sp³-hybridized carbons (Fsp3) is 0.333. The minimum Gasteiger partial charge on any atom is -0.461 e. The van der Waals surface area contributed by atoms with Crippen molar-refractivity contribution in [3.63, 3.8) is 0 Å². The lowest BCUT2D eigenvalue weighted by Gasteiger charge is -2.08. The van der Waals surface area contributed by atoms with Crippen LogP contribution in [-0.4, -0.2) is 30.8 Å². The van der Waals surface area contributed by atoms with E-state index in [1.807, 2.05) is 37.3 Å². The Bertz CT molecular complexity index is 550. The van der Waals surface area contributed by atoms with Gasteiger partial charge in [0.15, 0.2) is 5.69 Å². The van der Waals surface area contributed by atoms with Gasteiger partial charge in [0, 0.05) is 19.1 Å². The first kappa shape index (κ1) is 14.3. The lowest BCUT2D eigenvalue weighted by molar-refractivity contribution is 0.0385. The summed E-state index contributed by atoms with van der Waals surface area (Å²) in [6.45, 7) is 2.21. The second-order valence-corrected chi connectivity index (χ2v) is 4.37. The summed E-state index contributed by atoms with van der Waals surface area (Å²) in [5.74, 6) is -0.0814. The molecule has 0 saturated carbocycles. The first-order valence-corrected chi connectivity index (χ1v) is 6.41. The molecule has 0 fully saturated rings. The first-order valence-electron chi connectivity index (χ1n) is 6.41. The standard InChI is InChI=1S/C15H17NO4/c1-11(18-2)8-9-19-15(17)13-10-20-14(16-13)12-6-4-3-5-7-12/h3-7,10-11H,8-9H2,1-2H3. The Balaban J connectivity index is 1.93. The van der Waals surface area contributed by atoms with Gasteiger partial charge in [0.05, 0.1) is 12.7 Å². The van der Waals surface area contributed by atoms with Crippen molar-refractivity contribution in [2.45, 2.75) is 19.4 Å². The van der Waals surface area contributed by atoms with Gasteiger partial charge in [0.1, 0.15) is 6.26 Å². The number of methoxy groups -OCH3 is 1. The molecule has 0 spiro atoms. The third-order valence-corrected chi connectivity index (χ3v) is 2.89. The van der Waals surface area contributed by atoms with Crippen molar-refractivity contribution >= 4 is 5.97 Å². The topological polar surface area (TPSA) is 61.6 Å². The van der Waals surface area contributed by atoms with E-state index in [0.717, 1.165) is 5.56 Å². The fourth-order valence-corrected chi connectivity index (χ4v) is 1.59. The summed E-state index contributed by atoms with van der Waals surface area (Å²) in [6.07, 6.45) is 2.01. The van der Waals surface area contributed by atoms with Gasteiger partial charge < -0.3 is 13.9 Å². The molecule has 0 N–H and O–H groups in total. The van der Waals surface area contributed by atoms with Crippen molar-refractivity contribution in [3.05, 3.63) is 42.3 Å². The third-order valence-electron chi connectivity index (χ3n) is 2.89. The number of carbonyl (C=O) groups is 1. The zero-order chi connectivity index (χ0) is 14.4. The van der Waals surface area contributed by atoms with Crippen LogP contribution in [-0.2, 0) is 9.47 Å².